The number of halogens is 1. The van der Waals surface area contributed by atoms with Gasteiger partial charge in [-0.25, -0.2) is 9.18 Å². The lowest BCUT2D eigenvalue weighted by Crippen LogP contribution is -2.60. The van der Waals surface area contributed by atoms with Crippen LogP contribution < -0.4 is 15.5 Å². The summed E-state index contributed by atoms with van der Waals surface area (Å²) in [6.45, 7) is 6.65. The fraction of sp³-hybridized carbons (Fsp3) is 0.469. The van der Waals surface area contributed by atoms with Crippen LogP contribution in [0.5, 0.6) is 0 Å². The van der Waals surface area contributed by atoms with E-state index in [1.54, 1.807) is 17.0 Å². The number of amidine groups is 1. The van der Waals surface area contributed by atoms with Crippen molar-refractivity contribution in [3.05, 3.63) is 65.5 Å². The minimum Gasteiger partial charge on any atom is -0.376 e. The van der Waals surface area contributed by atoms with Gasteiger partial charge < -0.3 is 10.2 Å². The third-order valence-electron chi connectivity index (χ3n) is 8.90. The summed E-state index contributed by atoms with van der Waals surface area (Å²) in [4.78, 5) is 36.3. The van der Waals surface area contributed by atoms with E-state index in [0.717, 1.165) is 36.9 Å². The Morgan fingerprint density at radius 1 is 1.10 bits per heavy atom. The molecule has 0 unspecified atom stereocenters. The maximum atomic E-state index is 14.3. The van der Waals surface area contributed by atoms with Crippen LogP contribution >= 0.6 is 0 Å². The van der Waals surface area contributed by atoms with Crippen molar-refractivity contribution in [3.8, 4) is 0 Å². The van der Waals surface area contributed by atoms with E-state index in [0.29, 0.717) is 36.5 Å². The first kappa shape index (κ1) is 26.5. The van der Waals surface area contributed by atoms with E-state index in [1.807, 2.05) is 30.0 Å². The van der Waals surface area contributed by atoms with E-state index in [4.69, 9.17) is 4.99 Å². The molecular formula is C32H38FN5O2. The predicted molar refractivity (Wildman–Crippen MR) is 157 cm³/mol. The number of amides is 3. The van der Waals surface area contributed by atoms with Crippen molar-refractivity contribution in [1.29, 1.82) is 0 Å². The number of fused-ring (bicyclic) bond motifs is 1. The number of para-hydroxylation sites is 1. The van der Waals surface area contributed by atoms with Crippen LogP contribution in [0.3, 0.4) is 0 Å². The SMILES string of the molecule is C[C@H]1C[C@]2(CCN1C(=O)c1cccc3c1NC(C)(C)C=C3)C(=NC1CCCCC1)NC(=O)N2c1cccc(F)c1. The highest BCUT2D eigenvalue weighted by molar-refractivity contribution is 6.19. The topological polar surface area (TPSA) is 77.0 Å². The van der Waals surface area contributed by atoms with E-state index in [2.05, 4.69) is 36.6 Å². The summed E-state index contributed by atoms with van der Waals surface area (Å²) in [6.07, 6.45) is 10.7. The standard InChI is InChI=1S/C32H38FN5O2/c1-21-20-32(17-18-37(21)28(39)26-14-7-9-22-15-16-31(2,3)36-27(22)26)29(34-24-11-5-4-6-12-24)35-30(40)38(32)25-13-8-10-23(33)19-25/h7-10,13-16,19,21,24,36H,4-6,11-12,17-18,20H2,1-3H3,(H,34,35,40)/t21-,32+/m0/s1. The second-order valence-corrected chi connectivity index (χ2v) is 12.3. The number of rotatable bonds is 3. The number of hydrogen-bond donors (Lipinski definition) is 2. The molecule has 3 heterocycles. The molecule has 0 bridgehead atoms. The van der Waals surface area contributed by atoms with Crippen LogP contribution in [0.2, 0.25) is 0 Å². The Bertz CT molecular complexity index is 1400. The number of nitrogens with one attached hydrogen (secondary N) is 2. The van der Waals surface area contributed by atoms with Crippen LogP contribution in [0, 0.1) is 5.82 Å². The number of nitrogens with zero attached hydrogens (tertiary/aromatic N) is 3. The number of piperidine rings is 1. The lowest BCUT2D eigenvalue weighted by Gasteiger charge is -2.47. The number of hydrogen-bond acceptors (Lipinski definition) is 4. The first-order valence-electron chi connectivity index (χ1n) is 14.5. The molecule has 3 amide bonds. The van der Waals surface area contributed by atoms with Crippen molar-refractivity contribution in [2.45, 2.75) is 88.9 Å². The molecule has 40 heavy (non-hydrogen) atoms. The van der Waals surface area contributed by atoms with Gasteiger partial charge in [0.25, 0.3) is 5.91 Å². The second-order valence-electron chi connectivity index (χ2n) is 12.3. The van der Waals surface area contributed by atoms with Gasteiger partial charge in [-0.2, -0.15) is 0 Å². The van der Waals surface area contributed by atoms with Gasteiger partial charge >= 0.3 is 6.03 Å². The van der Waals surface area contributed by atoms with Crippen molar-refractivity contribution in [1.82, 2.24) is 10.2 Å². The molecule has 6 rings (SSSR count). The van der Waals surface area contributed by atoms with Crippen molar-refractivity contribution < 1.29 is 14.0 Å². The van der Waals surface area contributed by atoms with Gasteiger partial charge in [0.2, 0.25) is 0 Å². The number of urea groups is 1. The molecule has 2 aromatic carbocycles. The molecule has 2 aromatic rings. The molecule has 8 heteroatoms. The lowest BCUT2D eigenvalue weighted by atomic mass is 9.80. The first-order chi connectivity index (χ1) is 19.2. The summed E-state index contributed by atoms with van der Waals surface area (Å²) in [5.74, 6) is 0.244. The van der Waals surface area contributed by atoms with E-state index in [-0.39, 0.29) is 29.6 Å². The normalized spacial score (nSPS) is 27.1. The zero-order chi connectivity index (χ0) is 28.1. The molecule has 210 valence electrons. The Balaban J connectivity index is 1.34. The highest BCUT2D eigenvalue weighted by atomic mass is 19.1. The summed E-state index contributed by atoms with van der Waals surface area (Å²) < 4.78 is 14.3. The minimum atomic E-state index is -0.766. The molecule has 1 spiro atoms. The number of carbonyl (C=O) groups is 2. The van der Waals surface area contributed by atoms with Gasteiger partial charge in [0, 0.05) is 18.3 Å². The second kappa shape index (κ2) is 10.1. The maximum absolute atomic E-state index is 14.3. The fourth-order valence-corrected chi connectivity index (χ4v) is 6.89. The minimum absolute atomic E-state index is 0.0295. The molecule has 2 saturated heterocycles. The molecule has 2 atom stereocenters. The van der Waals surface area contributed by atoms with E-state index >= 15 is 0 Å². The Labute approximate surface area is 235 Å². The fourth-order valence-electron chi connectivity index (χ4n) is 6.89. The van der Waals surface area contributed by atoms with Crippen molar-refractivity contribution in [3.63, 3.8) is 0 Å². The van der Waals surface area contributed by atoms with Crippen LogP contribution in [0.25, 0.3) is 6.08 Å². The Hall–Kier alpha value is -3.68. The van der Waals surface area contributed by atoms with E-state index in [9.17, 15) is 14.0 Å². The molecule has 7 nitrogen and oxygen atoms in total. The average molecular weight is 544 g/mol. The monoisotopic (exact) mass is 543 g/mol. The van der Waals surface area contributed by atoms with Crippen LogP contribution in [0.15, 0.2) is 53.5 Å². The predicted octanol–water partition coefficient (Wildman–Crippen LogP) is 6.37. The molecule has 3 aliphatic heterocycles. The van der Waals surface area contributed by atoms with Gasteiger partial charge in [0.05, 0.1) is 22.8 Å². The third kappa shape index (κ3) is 4.67. The summed E-state index contributed by atoms with van der Waals surface area (Å²) in [5.41, 5.74) is 1.98. The molecule has 4 aliphatic rings. The molecule has 2 N–H and O–H groups in total. The van der Waals surface area contributed by atoms with Crippen LogP contribution in [-0.4, -0.2) is 52.4 Å². The quantitative estimate of drug-likeness (QED) is 0.473. The van der Waals surface area contributed by atoms with Gasteiger partial charge in [-0.1, -0.05) is 49.6 Å². The highest BCUT2D eigenvalue weighted by Gasteiger charge is 2.55. The maximum Gasteiger partial charge on any atom is 0.328 e. The van der Waals surface area contributed by atoms with Gasteiger partial charge in [-0.15, -0.1) is 0 Å². The van der Waals surface area contributed by atoms with Crippen molar-refractivity contribution >= 4 is 35.2 Å². The highest BCUT2D eigenvalue weighted by Crippen LogP contribution is 2.42. The smallest absolute Gasteiger partial charge is 0.328 e. The molecule has 0 radical (unpaired) electrons. The zero-order valence-corrected chi connectivity index (χ0v) is 23.5. The molecule has 1 aliphatic carbocycles. The summed E-state index contributed by atoms with van der Waals surface area (Å²) in [6, 6.07) is 11.7. The number of aliphatic imine (C=N–C) groups is 1. The number of benzene rings is 2. The number of anilines is 2. The largest absolute Gasteiger partial charge is 0.376 e. The zero-order valence-electron chi connectivity index (χ0n) is 23.5. The summed E-state index contributed by atoms with van der Waals surface area (Å²) in [7, 11) is 0. The molecule has 1 saturated carbocycles. The average Bonchev–Trinajstić information content (AvgIpc) is 3.17. The molecule has 3 fully saturated rings. The van der Waals surface area contributed by atoms with Crippen molar-refractivity contribution in [2.24, 2.45) is 4.99 Å². The number of carbonyl (C=O) groups excluding carboxylic acids is 2. The van der Waals surface area contributed by atoms with Gasteiger partial charge in [-0.05, 0) is 76.3 Å². The summed E-state index contributed by atoms with van der Waals surface area (Å²) >= 11 is 0. The Morgan fingerprint density at radius 3 is 2.62 bits per heavy atom. The Kier molecular flexibility index (Phi) is 6.67. The lowest BCUT2D eigenvalue weighted by molar-refractivity contribution is 0.0594. The number of likely N-dealkylation sites (tertiary alicyclic amines) is 1. The van der Waals surface area contributed by atoms with Crippen LogP contribution in [0.4, 0.5) is 20.6 Å². The molecule has 0 aromatic heterocycles. The third-order valence-corrected chi connectivity index (χ3v) is 8.90. The van der Waals surface area contributed by atoms with E-state index in [1.165, 1.54) is 18.6 Å². The van der Waals surface area contributed by atoms with Crippen LogP contribution in [-0.2, 0) is 0 Å². The molecular weight excluding hydrogens is 505 g/mol. The summed E-state index contributed by atoms with van der Waals surface area (Å²) in [5, 5.41) is 6.60. The van der Waals surface area contributed by atoms with Gasteiger partial charge in [0.1, 0.15) is 17.2 Å². The Morgan fingerprint density at radius 2 is 1.88 bits per heavy atom. The van der Waals surface area contributed by atoms with Gasteiger partial charge in [0.15, 0.2) is 0 Å². The first-order valence-corrected chi connectivity index (χ1v) is 14.5. The van der Waals surface area contributed by atoms with Crippen LogP contribution in [0.1, 0.15) is 81.6 Å². The van der Waals surface area contributed by atoms with E-state index < -0.39 is 11.4 Å². The van der Waals surface area contributed by atoms with Crippen molar-refractivity contribution in [2.75, 3.05) is 16.8 Å². The van der Waals surface area contributed by atoms with Gasteiger partial charge in [-0.3, -0.25) is 20.0 Å².